The third-order valence-corrected chi connectivity index (χ3v) is 2.86. The summed E-state index contributed by atoms with van der Waals surface area (Å²) in [5.74, 6) is -0.00191. The maximum atomic E-state index is 11.6. The van der Waals surface area contributed by atoms with E-state index in [1.807, 2.05) is 31.2 Å². The molecule has 18 heavy (non-hydrogen) atoms. The molecule has 0 radical (unpaired) electrons. The Morgan fingerprint density at radius 2 is 1.94 bits per heavy atom. The van der Waals surface area contributed by atoms with Crippen molar-refractivity contribution in [2.24, 2.45) is 5.73 Å². The molecule has 1 unspecified atom stereocenters. The van der Waals surface area contributed by atoms with Gasteiger partial charge in [-0.3, -0.25) is 4.79 Å². The molecule has 0 aromatic heterocycles. The van der Waals surface area contributed by atoms with Gasteiger partial charge in [0.2, 0.25) is 5.91 Å². The van der Waals surface area contributed by atoms with Gasteiger partial charge in [-0.25, -0.2) is 0 Å². The molecule has 3 heteroatoms. The highest BCUT2D eigenvalue weighted by molar-refractivity contribution is 5.86. The third-order valence-electron chi connectivity index (χ3n) is 2.86. The molecule has 0 fully saturated rings. The topological polar surface area (TPSA) is 55.1 Å². The summed E-state index contributed by atoms with van der Waals surface area (Å²) in [7, 11) is 0. The van der Waals surface area contributed by atoms with Crippen molar-refractivity contribution < 1.29 is 4.79 Å². The molecule has 2 rings (SSSR count). The maximum Gasteiger partial charge on any atom is 0.221 e. The van der Waals surface area contributed by atoms with Crippen molar-refractivity contribution in [2.45, 2.75) is 25.9 Å². The summed E-state index contributed by atoms with van der Waals surface area (Å²) in [6, 6.07) is 14.2. The number of carbonyl (C=O) groups is 1. The molecule has 0 saturated carbocycles. The van der Waals surface area contributed by atoms with Gasteiger partial charge in [0, 0.05) is 19.0 Å². The van der Waals surface area contributed by atoms with Crippen molar-refractivity contribution in [1.82, 2.24) is 5.32 Å². The van der Waals surface area contributed by atoms with E-state index in [9.17, 15) is 4.79 Å². The minimum absolute atomic E-state index is 0.00191. The van der Waals surface area contributed by atoms with Crippen LogP contribution in [0.3, 0.4) is 0 Å². The molecule has 2 aromatic carbocycles. The molecule has 0 heterocycles. The van der Waals surface area contributed by atoms with Gasteiger partial charge in [-0.2, -0.15) is 0 Å². The Morgan fingerprint density at radius 1 is 1.22 bits per heavy atom. The zero-order chi connectivity index (χ0) is 13.0. The van der Waals surface area contributed by atoms with Gasteiger partial charge in [0.15, 0.2) is 0 Å². The molecular weight excluding hydrogens is 224 g/mol. The zero-order valence-corrected chi connectivity index (χ0v) is 10.5. The molecule has 0 aliphatic rings. The van der Waals surface area contributed by atoms with Gasteiger partial charge in [0.1, 0.15) is 0 Å². The molecule has 0 aliphatic heterocycles. The van der Waals surface area contributed by atoms with Crippen molar-refractivity contribution in [2.75, 3.05) is 0 Å². The Labute approximate surface area is 107 Å². The summed E-state index contributed by atoms with van der Waals surface area (Å²) in [5.41, 5.74) is 6.72. The SMILES string of the molecule is CC(N)CC(=O)NCc1cccc2ccccc12. The fraction of sp³-hybridized carbons (Fsp3) is 0.267. The second kappa shape index (κ2) is 5.65. The first kappa shape index (κ1) is 12.6. The Morgan fingerprint density at radius 3 is 2.72 bits per heavy atom. The molecule has 1 atom stereocenters. The van der Waals surface area contributed by atoms with Gasteiger partial charge < -0.3 is 11.1 Å². The summed E-state index contributed by atoms with van der Waals surface area (Å²) in [6.07, 6.45) is 0.366. The van der Waals surface area contributed by atoms with Crippen molar-refractivity contribution >= 4 is 16.7 Å². The van der Waals surface area contributed by atoms with Crippen molar-refractivity contribution in [1.29, 1.82) is 0 Å². The van der Waals surface area contributed by atoms with E-state index in [1.54, 1.807) is 0 Å². The molecule has 2 aromatic rings. The van der Waals surface area contributed by atoms with Crippen LogP contribution in [-0.4, -0.2) is 11.9 Å². The monoisotopic (exact) mass is 242 g/mol. The van der Waals surface area contributed by atoms with Gasteiger partial charge in [0.25, 0.3) is 0 Å². The predicted octanol–water partition coefficient (Wildman–Crippen LogP) is 2.19. The lowest BCUT2D eigenvalue weighted by Crippen LogP contribution is -2.29. The molecule has 94 valence electrons. The van der Waals surface area contributed by atoms with E-state index >= 15 is 0 Å². The lowest BCUT2D eigenvalue weighted by molar-refractivity contribution is -0.121. The van der Waals surface area contributed by atoms with Crippen LogP contribution >= 0.6 is 0 Å². The summed E-state index contributed by atoms with van der Waals surface area (Å²) >= 11 is 0. The first-order chi connectivity index (χ1) is 8.66. The average Bonchev–Trinajstić information content (AvgIpc) is 2.35. The molecule has 0 spiro atoms. The van der Waals surface area contributed by atoms with Crippen LogP contribution in [0.4, 0.5) is 0 Å². The first-order valence-electron chi connectivity index (χ1n) is 6.16. The summed E-state index contributed by atoms with van der Waals surface area (Å²) in [4.78, 5) is 11.6. The number of nitrogens with one attached hydrogen (secondary N) is 1. The van der Waals surface area contributed by atoms with Crippen LogP contribution in [0.25, 0.3) is 10.8 Å². The van der Waals surface area contributed by atoms with Gasteiger partial charge in [-0.15, -0.1) is 0 Å². The number of hydrogen-bond donors (Lipinski definition) is 2. The standard InChI is InChI=1S/C15H18N2O/c1-11(16)9-15(18)17-10-13-7-4-6-12-5-2-3-8-14(12)13/h2-8,11H,9-10,16H2,1H3,(H,17,18). The van der Waals surface area contributed by atoms with Crippen LogP contribution in [0.2, 0.25) is 0 Å². The molecule has 3 N–H and O–H groups in total. The first-order valence-corrected chi connectivity index (χ1v) is 6.16. The van der Waals surface area contributed by atoms with E-state index in [2.05, 4.69) is 23.5 Å². The minimum atomic E-state index is -0.0995. The molecule has 0 bridgehead atoms. The predicted molar refractivity (Wildman–Crippen MR) is 74.1 cm³/mol. The van der Waals surface area contributed by atoms with Crippen molar-refractivity contribution in [3.8, 4) is 0 Å². The molecule has 1 amide bonds. The van der Waals surface area contributed by atoms with Crippen molar-refractivity contribution in [3.05, 3.63) is 48.0 Å². The van der Waals surface area contributed by atoms with Crippen LogP contribution in [0.5, 0.6) is 0 Å². The number of nitrogens with two attached hydrogens (primary N) is 1. The summed E-state index contributed by atoms with van der Waals surface area (Å²) in [5, 5.41) is 5.28. The van der Waals surface area contributed by atoms with E-state index in [0.29, 0.717) is 13.0 Å². The minimum Gasteiger partial charge on any atom is -0.352 e. The van der Waals surface area contributed by atoms with Crippen LogP contribution in [0.15, 0.2) is 42.5 Å². The molecule has 0 aliphatic carbocycles. The third kappa shape index (κ3) is 3.08. The zero-order valence-electron chi connectivity index (χ0n) is 10.5. The number of rotatable bonds is 4. The lowest BCUT2D eigenvalue weighted by Gasteiger charge is -2.09. The summed E-state index contributed by atoms with van der Waals surface area (Å²) < 4.78 is 0. The number of carbonyl (C=O) groups excluding carboxylic acids is 1. The number of hydrogen-bond acceptors (Lipinski definition) is 2. The van der Waals surface area contributed by atoms with E-state index in [-0.39, 0.29) is 11.9 Å². The summed E-state index contributed by atoms with van der Waals surface area (Å²) in [6.45, 7) is 2.38. The average molecular weight is 242 g/mol. The van der Waals surface area contributed by atoms with Crippen LogP contribution in [0, 0.1) is 0 Å². The lowest BCUT2D eigenvalue weighted by atomic mass is 10.0. The number of benzene rings is 2. The van der Waals surface area contributed by atoms with Gasteiger partial charge in [0.05, 0.1) is 0 Å². The van der Waals surface area contributed by atoms with Gasteiger partial charge >= 0.3 is 0 Å². The Kier molecular flexibility index (Phi) is 3.95. The fourth-order valence-electron chi connectivity index (χ4n) is 2.01. The van der Waals surface area contributed by atoms with Crippen LogP contribution in [-0.2, 0) is 11.3 Å². The Bertz CT molecular complexity index is 544. The highest BCUT2D eigenvalue weighted by Crippen LogP contribution is 2.18. The number of amides is 1. The molecule has 0 saturated heterocycles. The van der Waals surface area contributed by atoms with Gasteiger partial charge in [-0.1, -0.05) is 42.5 Å². The van der Waals surface area contributed by atoms with E-state index < -0.39 is 0 Å². The molecule has 3 nitrogen and oxygen atoms in total. The van der Waals surface area contributed by atoms with Crippen molar-refractivity contribution in [3.63, 3.8) is 0 Å². The van der Waals surface area contributed by atoms with Crippen LogP contribution < -0.4 is 11.1 Å². The molecular formula is C15H18N2O. The smallest absolute Gasteiger partial charge is 0.221 e. The fourth-order valence-corrected chi connectivity index (χ4v) is 2.01. The van der Waals surface area contributed by atoms with Crippen LogP contribution in [0.1, 0.15) is 18.9 Å². The highest BCUT2D eigenvalue weighted by atomic mass is 16.1. The highest BCUT2D eigenvalue weighted by Gasteiger charge is 2.05. The second-order valence-corrected chi connectivity index (χ2v) is 4.60. The Hall–Kier alpha value is -1.87. The quantitative estimate of drug-likeness (QED) is 0.863. The maximum absolute atomic E-state index is 11.6. The van der Waals surface area contributed by atoms with E-state index in [1.165, 1.54) is 10.8 Å². The van der Waals surface area contributed by atoms with Gasteiger partial charge in [-0.05, 0) is 23.3 Å². The normalized spacial score (nSPS) is 12.3. The van der Waals surface area contributed by atoms with E-state index in [4.69, 9.17) is 5.73 Å². The largest absolute Gasteiger partial charge is 0.352 e. The number of fused-ring (bicyclic) bond motifs is 1. The second-order valence-electron chi connectivity index (χ2n) is 4.60. The Balaban J connectivity index is 2.10. The van der Waals surface area contributed by atoms with E-state index in [0.717, 1.165) is 5.56 Å².